The van der Waals surface area contributed by atoms with Crippen LogP contribution < -0.4 is 5.32 Å². The number of nitrogens with one attached hydrogen (secondary N) is 1. The number of aromatic nitrogens is 4. The number of rotatable bonds is 4. The van der Waals surface area contributed by atoms with Crippen LogP contribution in [0.3, 0.4) is 0 Å². The Bertz CT molecular complexity index is 981. The quantitative estimate of drug-likeness (QED) is 0.622. The SMILES string of the molecule is Fc1cccc2c(Nc3ccn(Cc4ccccc4)n3)ncnc12. The van der Waals surface area contributed by atoms with E-state index in [1.54, 1.807) is 12.1 Å². The molecule has 0 atom stereocenters. The van der Waals surface area contributed by atoms with Gasteiger partial charge in [0.05, 0.1) is 6.54 Å². The van der Waals surface area contributed by atoms with E-state index in [0.29, 0.717) is 29.1 Å². The van der Waals surface area contributed by atoms with Gasteiger partial charge in [0, 0.05) is 17.6 Å². The minimum Gasteiger partial charge on any atom is -0.323 e. The normalized spacial score (nSPS) is 10.9. The molecule has 24 heavy (non-hydrogen) atoms. The average molecular weight is 319 g/mol. The van der Waals surface area contributed by atoms with Crippen molar-refractivity contribution >= 4 is 22.5 Å². The van der Waals surface area contributed by atoms with Crippen molar-refractivity contribution in [2.45, 2.75) is 6.54 Å². The first kappa shape index (κ1) is 14.3. The van der Waals surface area contributed by atoms with Crippen LogP contribution in [-0.4, -0.2) is 19.7 Å². The van der Waals surface area contributed by atoms with E-state index >= 15 is 0 Å². The molecule has 0 saturated heterocycles. The number of hydrogen-bond donors (Lipinski definition) is 1. The molecule has 0 fully saturated rings. The largest absolute Gasteiger partial charge is 0.323 e. The van der Waals surface area contributed by atoms with Crippen molar-refractivity contribution in [2.24, 2.45) is 0 Å². The highest BCUT2D eigenvalue weighted by atomic mass is 19.1. The van der Waals surface area contributed by atoms with Crippen LogP contribution >= 0.6 is 0 Å². The molecule has 0 aliphatic carbocycles. The minimum absolute atomic E-state index is 0.290. The molecule has 4 aromatic rings. The second-order valence-corrected chi connectivity index (χ2v) is 5.37. The number of anilines is 2. The number of hydrogen-bond acceptors (Lipinski definition) is 4. The Hall–Kier alpha value is -3.28. The van der Waals surface area contributed by atoms with Gasteiger partial charge in [-0.05, 0) is 17.7 Å². The highest BCUT2D eigenvalue weighted by Gasteiger charge is 2.08. The van der Waals surface area contributed by atoms with Crippen molar-refractivity contribution in [1.82, 2.24) is 19.7 Å². The van der Waals surface area contributed by atoms with E-state index in [2.05, 4.69) is 32.5 Å². The number of fused-ring (bicyclic) bond motifs is 1. The molecular formula is C18H14FN5. The van der Waals surface area contributed by atoms with Gasteiger partial charge in [-0.3, -0.25) is 4.68 Å². The standard InChI is InChI=1S/C18H14FN5/c19-15-8-4-7-14-17(15)20-12-21-18(14)22-16-9-10-24(23-16)11-13-5-2-1-3-6-13/h1-10,12H,11H2,(H,20,21,22,23). The summed E-state index contributed by atoms with van der Waals surface area (Å²) in [6, 6.07) is 16.7. The summed E-state index contributed by atoms with van der Waals surface area (Å²) >= 11 is 0. The first-order valence-corrected chi connectivity index (χ1v) is 7.53. The summed E-state index contributed by atoms with van der Waals surface area (Å²) in [5, 5.41) is 8.23. The Morgan fingerprint density at radius 3 is 2.71 bits per heavy atom. The highest BCUT2D eigenvalue weighted by Crippen LogP contribution is 2.23. The molecule has 0 amide bonds. The van der Waals surface area contributed by atoms with E-state index < -0.39 is 0 Å². The lowest BCUT2D eigenvalue weighted by atomic mass is 10.2. The van der Waals surface area contributed by atoms with Crippen molar-refractivity contribution in [3.05, 3.63) is 78.5 Å². The second-order valence-electron chi connectivity index (χ2n) is 5.37. The molecule has 118 valence electrons. The molecule has 5 nitrogen and oxygen atoms in total. The number of halogens is 1. The summed E-state index contributed by atoms with van der Waals surface area (Å²) in [5.74, 6) is 0.812. The molecule has 4 rings (SSSR count). The number of nitrogens with zero attached hydrogens (tertiary/aromatic N) is 4. The topological polar surface area (TPSA) is 55.6 Å². The van der Waals surface area contributed by atoms with E-state index in [1.165, 1.54) is 18.0 Å². The first-order chi connectivity index (χ1) is 11.8. The lowest BCUT2D eigenvalue weighted by molar-refractivity contribution is 0.636. The predicted molar refractivity (Wildman–Crippen MR) is 90.5 cm³/mol. The van der Waals surface area contributed by atoms with Gasteiger partial charge in [-0.15, -0.1) is 0 Å². The highest BCUT2D eigenvalue weighted by molar-refractivity contribution is 5.90. The monoisotopic (exact) mass is 319 g/mol. The lowest BCUT2D eigenvalue weighted by Crippen LogP contribution is -2.02. The summed E-state index contributed by atoms with van der Waals surface area (Å²) in [6.07, 6.45) is 3.23. The zero-order chi connectivity index (χ0) is 16.4. The fourth-order valence-corrected chi connectivity index (χ4v) is 2.56. The van der Waals surface area contributed by atoms with Crippen molar-refractivity contribution in [3.8, 4) is 0 Å². The van der Waals surface area contributed by atoms with Crippen LogP contribution in [0.4, 0.5) is 16.0 Å². The van der Waals surface area contributed by atoms with Crippen LogP contribution in [0.15, 0.2) is 67.1 Å². The van der Waals surface area contributed by atoms with Gasteiger partial charge < -0.3 is 5.32 Å². The smallest absolute Gasteiger partial charge is 0.153 e. The van der Waals surface area contributed by atoms with Gasteiger partial charge in [0.25, 0.3) is 0 Å². The van der Waals surface area contributed by atoms with Gasteiger partial charge in [-0.2, -0.15) is 5.10 Å². The second kappa shape index (κ2) is 6.08. The first-order valence-electron chi connectivity index (χ1n) is 7.53. The van der Waals surface area contributed by atoms with Crippen LogP contribution in [0, 0.1) is 5.82 Å². The minimum atomic E-state index is -0.368. The third kappa shape index (κ3) is 2.81. The van der Waals surface area contributed by atoms with Gasteiger partial charge in [-0.1, -0.05) is 36.4 Å². The molecule has 2 heterocycles. The van der Waals surface area contributed by atoms with E-state index in [4.69, 9.17) is 0 Å². The zero-order valence-corrected chi connectivity index (χ0v) is 12.7. The number of para-hydroxylation sites is 1. The Kier molecular flexibility index (Phi) is 3.63. The van der Waals surface area contributed by atoms with Gasteiger partial charge in [0.1, 0.15) is 23.5 Å². The van der Waals surface area contributed by atoms with Crippen LogP contribution in [0.5, 0.6) is 0 Å². The van der Waals surface area contributed by atoms with E-state index in [0.717, 1.165) is 0 Å². The van der Waals surface area contributed by atoms with Crippen LogP contribution in [0.25, 0.3) is 10.9 Å². The Morgan fingerprint density at radius 1 is 0.958 bits per heavy atom. The molecular weight excluding hydrogens is 305 g/mol. The summed E-state index contributed by atoms with van der Waals surface area (Å²) in [7, 11) is 0. The Balaban J connectivity index is 1.60. The molecule has 0 unspecified atom stereocenters. The van der Waals surface area contributed by atoms with Crippen molar-refractivity contribution in [3.63, 3.8) is 0 Å². The molecule has 0 radical (unpaired) electrons. The van der Waals surface area contributed by atoms with E-state index in [9.17, 15) is 4.39 Å². The van der Waals surface area contributed by atoms with E-state index in [-0.39, 0.29) is 5.82 Å². The molecule has 1 N–H and O–H groups in total. The molecule has 6 heteroatoms. The third-order valence-electron chi connectivity index (χ3n) is 3.69. The van der Waals surface area contributed by atoms with Crippen molar-refractivity contribution in [2.75, 3.05) is 5.32 Å². The van der Waals surface area contributed by atoms with Gasteiger partial charge in [0.2, 0.25) is 0 Å². The molecule has 2 aromatic heterocycles. The van der Waals surface area contributed by atoms with Crippen molar-refractivity contribution < 1.29 is 4.39 Å². The molecule has 0 bridgehead atoms. The molecule has 0 saturated carbocycles. The summed E-state index contributed by atoms with van der Waals surface area (Å²) < 4.78 is 15.6. The fourth-order valence-electron chi connectivity index (χ4n) is 2.56. The van der Waals surface area contributed by atoms with Crippen LogP contribution in [-0.2, 0) is 6.54 Å². The van der Waals surface area contributed by atoms with E-state index in [1.807, 2.05) is 35.1 Å². The summed E-state index contributed by atoms with van der Waals surface area (Å²) in [6.45, 7) is 0.682. The number of benzene rings is 2. The van der Waals surface area contributed by atoms with Gasteiger partial charge in [-0.25, -0.2) is 14.4 Å². The van der Waals surface area contributed by atoms with Crippen LogP contribution in [0.2, 0.25) is 0 Å². The predicted octanol–water partition coefficient (Wildman–Crippen LogP) is 3.76. The Morgan fingerprint density at radius 2 is 1.83 bits per heavy atom. The maximum absolute atomic E-state index is 13.8. The molecule has 0 spiro atoms. The zero-order valence-electron chi connectivity index (χ0n) is 12.7. The average Bonchev–Trinajstić information content (AvgIpc) is 3.04. The molecule has 0 aliphatic rings. The van der Waals surface area contributed by atoms with Gasteiger partial charge >= 0.3 is 0 Å². The van der Waals surface area contributed by atoms with Gasteiger partial charge in [0.15, 0.2) is 5.82 Å². The van der Waals surface area contributed by atoms with Crippen LogP contribution in [0.1, 0.15) is 5.56 Å². The summed E-state index contributed by atoms with van der Waals surface area (Å²) in [5.41, 5.74) is 1.46. The fraction of sp³-hybridized carbons (Fsp3) is 0.0556. The van der Waals surface area contributed by atoms with Crippen molar-refractivity contribution in [1.29, 1.82) is 0 Å². The lowest BCUT2D eigenvalue weighted by Gasteiger charge is -2.06. The maximum atomic E-state index is 13.8. The summed E-state index contributed by atoms with van der Waals surface area (Å²) in [4.78, 5) is 8.19. The molecule has 0 aliphatic heterocycles. The third-order valence-corrected chi connectivity index (χ3v) is 3.69. The maximum Gasteiger partial charge on any atom is 0.153 e. The molecule has 2 aromatic carbocycles. The Labute approximate surface area is 137 Å².